The zero-order valence-corrected chi connectivity index (χ0v) is 12.6. The number of nitrogens with one attached hydrogen (secondary N) is 1. The topological polar surface area (TPSA) is 75.6 Å². The minimum atomic E-state index is -2.94. The molecular weight excluding hydrogens is 278 g/mol. The number of benzene rings is 1. The van der Waals surface area contributed by atoms with E-state index >= 15 is 0 Å². The SMILES string of the molecule is COc1ccc(C(O)CNC2(C)CCS(=O)(=O)C2)cc1. The lowest BCUT2D eigenvalue weighted by Gasteiger charge is -2.25. The summed E-state index contributed by atoms with van der Waals surface area (Å²) in [6, 6.07) is 7.19. The standard InChI is InChI=1S/C14H21NO4S/c1-14(7-8-20(17,18)10-14)15-9-13(16)11-3-5-12(19-2)6-4-11/h3-6,13,15-16H,7-10H2,1-2H3. The molecule has 2 unspecified atom stereocenters. The van der Waals surface area contributed by atoms with Crippen LogP contribution in [0.5, 0.6) is 5.75 Å². The molecule has 1 aromatic carbocycles. The van der Waals surface area contributed by atoms with Gasteiger partial charge in [0.05, 0.1) is 24.7 Å². The van der Waals surface area contributed by atoms with Crippen molar-refractivity contribution in [2.45, 2.75) is 25.0 Å². The van der Waals surface area contributed by atoms with Crippen LogP contribution >= 0.6 is 0 Å². The number of hydrogen-bond donors (Lipinski definition) is 2. The Balaban J connectivity index is 1.93. The number of aliphatic hydroxyl groups is 1. The Bertz CT molecular complexity index is 555. The second-order valence-electron chi connectivity index (χ2n) is 5.57. The fraction of sp³-hybridized carbons (Fsp3) is 0.571. The lowest BCUT2D eigenvalue weighted by molar-refractivity contribution is 0.161. The van der Waals surface area contributed by atoms with E-state index in [1.54, 1.807) is 31.4 Å². The molecule has 1 aliphatic rings. The smallest absolute Gasteiger partial charge is 0.152 e. The van der Waals surface area contributed by atoms with E-state index in [0.717, 1.165) is 11.3 Å². The van der Waals surface area contributed by atoms with E-state index in [4.69, 9.17) is 4.74 Å². The third kappa shape index (κ3) is 3.71. The van der Waals surface area contributed by atoms with Crippen LogP contribution in [0.1, 0.15) is 25.0 Å². The summed E-state index contributed by atoms with van der Waals surface area (Å²) in [7, 11) is -1.34. The monoisotopic (exact) mass is 299 g/mol. The van der Waals surface area contributed by atoms with Gasteiger partial charge >= 0.3 is 0 Å². The lowest BCUT2D eigenvalue weighted by atomic mass is 10.0. The second kappa shape index (κ2) is 5.71. The normalized spacial score (nSPS) is 26.4. The molecule has 2 rings (SSSR count). The molecule has 0 radical (unpaired) electrons. The van der Waals surface area contributed by atoms with Gasteiger partial charge in [-0.1, -0.05) is 12.1 Å². The van der Waals surface area contributed by atoms with E-state index in [2.05, 4.69) is 5.32 Å². The number of hydrogen-bond acceptors (Lipinski definition) is 5. The molecule has 0 amide bonds. The van der Waals surface area contributed by atoms with Crippen molar-refractivity contribution in [2.75, 3.05) is 25.2 Å². The van der Waals surface area contributed by atoms with E-state index in [1.807, 2.05) is 6.92 Å². The summed E-state index contributed by atoms with van der Waals surface area (Å²) in [5, 5.41) is 13.3. The maximum atomic E-state index is 11.5. The van der Waals surface area contributed by atoms with Crippen LogP contribution in [-0.4, -0.2) is 44.2 Å². The van der Waals surface area contributed by atoms with E-state index in [9.17, 15) is 13.5 Å². The molecule has 2 atom stereocenters. The first-order valence-corrected chi connectivity index (χ1v) is 8.43. The molecule has 112 valence electrons. The first-order chi connectivity index (χ1) is 9.34. The molecule has 1 fully saturated rings. The summed E-state index contributed by atoms with van der Waals surface area (Å²) < 4.78 is 28.1. The first-order valence-electron chi connectivity index (χ1n) is 6.61. The molecule has 0 bridgehead atoms. The van der Waals surface area contributed by atoms with Gasteiger partial charge in [-0.25, -0.2) is 8.42 Å². The molecule has 20 heavy (non-hydrogen) atoms. The lowest BCUT2D eigenvalue weighted by Crippen LogP contribution is -2.45. The minimum Gasteiger partial charge on any atom is -0.497 e. The summed E-state index contributed by atoms with van der Waals surface area (Å²) in [6.07, 6.45) is -0.0777. The summed E-state index contributed by atoms with van der Waals surface area (Å²) in [5.41, 5.74) is 0.342. The van der Waals surface area contributed by atoms with E-state index < -0.39 is 21.5 Å². The van der Waals surface area contributed by atoms with Gasteiger partial charge in [0.1, 0.15) is 5.75 Å². The number of β-amino-alcohol motifs (C(OH)–C–C–N with tert-alkyl or cyclic N) is 1. The minimum absolute atomic E-state index is 0.134. The van der Waals surface area contributed by atoms with E-state index in [1.165, 1.54) is 0 Å². The van der Waals surface area contributed by atoms with Gasteiger partial charge in [0.25, 0.3) is 0 Å². The van der Waals surface area contributed by atoms with Crippen LogP contribution in [0.2, 0.25) is 0 Å². The molecule has 0 saturated carbocycles. The number of aliphatic hydroxyl groups excluding tert-OH is 1. The highest BCUT2D eigenvalue weighted by molar-refractivity contribution is 7.91. The van der Waals surface area contributed by atoms with Gasteiger partial charge in [-0.05, 0) is 31.0 Å². The fourth-order valence-electron chi connectivity index (χ4n) is 2.44. The second-order valence-corrected chi connectivity index (χ2v) is 7.76. The maximum Gasteiger partial charge on any atom is 0.152 e. The number of methoxy groups -OCH3 is 1. The van der Waals surface area contributed by atoms with Crippen molar-refractivity contribution in [3.8, 4) is 5.75 Å². The Labute approximate surface area is 119 Å². The highest BCUT2D eigenvalue weighted by Gasteiger charge is 2.38. The summed E-state index contributed by atoms with van der Waals surface area (Å²) >= 11 is 0. The molecule has 1 heterocycles. The fourth-order valence-corrected chi connectivity index (χ4v) is 4.56. The first kappa shape index (κ1) is 15.3. The summed E-state index contributed by atoms with van der Waals surface area (Å²) in [6.45, 7) is 2.22. The Morgan fingerprint density at radius 1 is 1.40 bits per heavy atom. The average Bonchev–Trinajstić information content (AvgIpc) is 2.71. The predicted molar refractivity (Wildman–Crippen MR) is 77.6 cm³/mol. The number of rotatable bonds is 5. The molecule has 1 aliphatic heterocycles. The van der Waals surface area contributed by atoms with Gasteiger partial charge in [-0.3, -0.25) is 0 Å². The summed E-state index contributed by atoms with van der Waals surface area (Å²) in [5.74, 6) is 1.09. The van der Waals surface area contributed by atoms with Crippen LogP contribution in [0.4, 0.5) is 0 Å². The molecular formula is C14H21NO4S. The number of ether oxygens (including phenoxy) is 1. The van der Waals surface area contributed by atoms with E-state index in [0.29, 0.717) is 13.0 Å². The van der Waals surface area contributed by atoms with Gasteiger partial charge in [0.2, 0.25) is 0 Å². The van der Waals surface area contributed by atoms with Crippen LogP contribution in [0.15, 0.2) is 24.3 Å². The average molecular weight is 299 g/mol. The van der Waals surface area contributed by atoms with Gasteiger partial charge in [-0.15, -0.1) is 0 Å². The van der Waals surface area contributed by atoms with Crippen molar-refractivity contribution in [3.05, 3.63) is 29.8 Å². The Morgan fingerprint density at radius 3 is 2.55 bits per heavy atom. The van der Waals surface area contributed by atoms with Crippen molar-refractivity contribution >= 4 is 9.84 Å². The van der Waals surface area contributed by atoms with Crippen molar-refractivity contribution in [1.29, 1.82) is 0 Å². The zero-order valence-electron chi connectivity index (χ0n) is 11.8. The highest BCUT2D eigenvalue weighted by atomic mass is 32.2. The molecule has 1 aromatic rings. The highest BCUT2D eigenvalue weighted by Crippen LogP contribution is 2.24. The van der Waals surface area contributed by atoms with Gasteiger partial charge in [0.15, 0.2) is 9.84 Å². The largest absolute Gasteiger partial charge is 0.497 e. The zero-order chi connectivity index (χ0) is 14.8. The number of sulfone groups is 1. The van der Waals surface area contributed by atoms with Gasteiger partial charge < -0.3 is 15.2 Å². The molecule has 6 heteroatoms. The Hall–Kier alpha value is -1.11. The Kier molecular flexibility index (Phi) is 4.36. The molecule has 5 nitrogen and oxygen atoms in total. The molecule has 0 aliphatic carbocycles. The predicted octanol–water partition coefficient (Wildman–Crippen LogP) is 0.895. The van der Waals surface area contributed by atoms with Crippen molar-refractivity contribution in [3.63, 3.8) is 0 Å². The van der Waals surface area contributed by atoms with Gasteiger partial charge in [-0.2, -0.15) is 0 Å². The van der Waals surface area contributed by atoms with E-state index in [-0.39, 0.29) is 11.5 Å². The van der Waals surface area contributed by atoms with Crippen LogP contribution in [0.25, 0.3) is 0 Å². The van der Waals surface area contributed by atoms with Crippen LogP contribution < -0.4 is 10.1 Å². The van der Waals surface area contributed by atoms with Gasteiger partial charge in [0, 0.05) is 12.1 Å². The van der Waals surface area contributed by atoms with Crippen molar-refractivity contribution in [1.82, 2.24) is 5.32 Å². The quantitative estimate of drug-likeness (QED) is 0.845. The third-order valence-corrected chi connectivity index (χ3v) is 5.63. The molecule has 2 N–H and O–H groups in total. The van der Waals surface area contributed by atoms with Crippen molar-refractivity contribution in [2.24, 2.45) is 0 Å². The Morgan fingerprint density at radius 2 is 2.05 bits per heavy atom. The van der Waals surface area contributed by atoms with Crippen molar-refractivity contribution < 1.29 is 18.3 Å². The van der Waals surface area contributed by atoms with Crippen LogP contribution in [0, 0.1) is 0 Å². The summed E-state index contributed by atoms with van der Waals surface area (Å²) in [4.78, 5) is 0. The molecule has 1 saturated heterocycles. The maximum absolute atomic E-state index is 11.5. The van der Waals surface area contributed by atoms with Crippen LogP contribution in [-0.2, 0) is 9.84 Å². The van der Waals surface area contributed by atoms with Crippen LogP contribution in [0.3, 0.4) is 0 Å². The molecule has 0 aromatic heterocycles. The molecule has 0 spiro atoms. The third-order valence-electron chi connectivity index (χ3n) is 3.73.